The number of rotatable bonds is 5. The van der Waals surface area contributed by atoms with E-state index in [-0.39, 0.29) is 29.8 Å². The van der Waals surface area contributed by atoms with Crippen LogP contribution in [-0.4, -0.2) is 40.8 Å². The first kappa shape index (κ1) is 20.5. The van der Waals surface area contributed by atoms with Gasteiger partial charge in [0.2, 0.25) is 11.8 Å². The van der Waals surface area contributed by atoms with Gasteiger partial charge in [-0.1, -0.05) is 35.9 Å². The summed E-state index contributed by atoms with van der Waals surface area (Å²) in [5.74, 6) is 0.147. The molecule has 0 saturated carbocycles. The number of benzene rings is 1. The van der Waals surface area contributed by atoms with Crippen LogP contribution in [0.3, 0.4) is 0 Å². The van der Waals surface area contributed by atoms with E-state index in [9.17, 15) is 9.59 Å². The Morgan fingerprint density at radius 2 is 1.87 bits per heavy atom. The van der Waals surface area contributed by atoms with E-state index in [0.29, 0.717) is 38.9 Å². The van der Waals surface area contributed by atoms with Crippen LogP contribution >= 0.6 is 0 Å². The molecule has 1 aromatic heterocycles. The first-order valence-electron chi connectivity index (χ1n) is 10.6. The summed E-state index contributed by atoms with van der Waals surface area (Å²) < 4.78 is 0. The maximum Gasteiger partial charge on any atom is 0.241 e. The second-order valence-corrected chi connectivity index (χ2v) is 8.19. The number of carbonyl (C=O) groups is 2. The lowest BCUT2D eigenvalue weighted by atomic mass is 9.95. The van der Waals surface area contributed by atoms with Crippen LogP contribution in [-0.2, 0) is 16.1 Å². The monoisotopic (exact) mass is 407 g/mol. The average molecular weight is 408 g/mol. The molecule has 7 nitrogen and oxygen atoms in total. The lowest BCUT2D eigenvalue weighted by Gasteiger charge is -2.32. The van der Waals surface area contributed by atoms with Gasteiger partial charge in [0.05, 0.1) is 11.7 Å². The number of likely N-dealkylation sites (tertiary alicyclic amines) is 1. The van der Waals surface area contributed by atoms with Gasteiger partial charge in [-0.3, -0.25) is 14.6 Å². The summed E-state index contributed by atoms with van der Waals surface area (Å²) in [5, 5.41) is 3.04. The third-order valence-corrected chi connectivity index (χ3v) is 6.01. The fraction of sp³-hybridized carbons (Fsp3) is 0.435. The molecule has 2 atom stereocenters. The Balaban J connectivity index is 1.22. The highest BCUT2D eigenvalue weighted by molar-refractivity contribution is 5.83. The van der Waals surface area contributed by atoms with Crippen molar-refractivity contribution in [3.05, 3.63) is 65.5 Å². The molecule has 3 N–H and O–H groups in total. The molecule has 158 valence electrons. The van der Waals surface area contributed by atoms with Crippen molar-refractivity contribution in [1.82, 2.24) is 26.1 Å². The standard InChI is InChI=1S/C23H29N5O2/c1-16-5-7-17(8-6-16)15-25-22(29)18-9-12-28(13-10-18)23(30)21-14-20(26-27-21)19-4-2-3-11-24-19/h2-8,11,18,20-21,26-27H,9-10,12-15H2,1H3,(H,25,29). The minimum atomic E-state index is -0.260. The first-order chi connectivity index (χ1) is 14.6. The fourth-order valence-corrected chi connectivity index (χ4v) is 4.12. The third-order valence-electron chi connectivity index (χ3n) is 6.01. The maximum atomic E-state index is 12.9. The number of aryl methyl sites for hydroxylation is 1. The second kappa shape index (κ2) is 9.36. The van der Waals surface area contributed by atoms with E-state index in [1.54, 1.807) is 6.20 Å². The molecular weight excluding hydrogens is 378 g/mol. The van der Waals surface area contributed by atoms with Crippen LogP contribution < -0.4 is 16.2 Å². The third kappa shape index (κ3) is 4.86. The van der Waals surface area contributed by atoms with E-state index in [0.717, 1.165) is 11.3 Å². The van der Waals surface area contributed by atoms with Gasteiger partial charge < -0.3 is 10.2 Å². The molecule has 2 aliphatic rings. The molecule has 30 heavy (non-hydrogen) atoms. The van der Waals surface area contributed by atoms with Gasteiger partial charge in [0.1, 0.15) is 6.04 Å². The van der Waals surface area contributed by atoms with E-state index in [2.05, 4.69) is 33.3 Å². The summed E-state index contributed by atoms with van der Waals surface area (Å²) >= 11 is 0. The normalized spacial score (nSPS) is 22.1. The highest BCUT2D eigenvalue weighted by Crippen LogP contribution is 2.24. The number of amides is 2. The number of nitrogens with one attached hydrogen (secondary N) is 3. The molecule has 0 spiro atoms. The van der Waals surface area contributed by atoms with Crippen LogP contribution in [0.5, 0.6) is 0 Å². The SMILES string of the molecule is Cc1ccc(CNC(=O)C2CCN(C(=O)C3CC(c4ccccn4)NN3)CC2)cc1. The van der Waals surface area contributed by atoms with E-state index in [1.165, 1.54) is 5.56 Å². The molecule has 3 heterocycles. The topological polar surface area (TPSA) is 86.4 Å². The Bertz CT molecular complexity index is 863. The van der Waals surface area contributed by atoms with Crippen molar-refractivity contribution in [2.24, 2.45) is 5.92 Å². The van der Waals surface area contributed by atoms with Gasteiger partial charge in [0, 0.05) is 31.7 Å². The molecule has 1 aromatic carbocycles. The lowest BCUT2D eigenvalue weighted by Crippen LogP contribution is -2.49. The van der Waals surface area contributed by atoms with Gasteiger partial charge >= 0.3 is 0 Å². The van der Waals surface area contributed by atoms with E-state index < -0.39 is 0 Å². The van der Waals surface area contributed by atoms with Gasteiger partial charge in [-0.2, -0.15) is 0 Å². The van der Waals surface area contributed by atoms with Crippen molar-refractivity contribution in [2.45, 2.75) is 44.8 Å². The summed E-state index contributed by atoms with van der Waals surface area (Å²) in [5.41, 5.74) is 9.54. The van der Waals surface area contributed by atoms with Gasteiger partial charge in [-0.25, -0.2) is 10.9 Å². The smallest absolute Gasteiger partial charge is 0.241 e. The van der Waals surface area contributed by atoms with E-state index in [4.69, 9.17) is 0 Å². The van der Waals surface area contributed by atoms with Crippen LogP contribution in [0.1, 0.15) is 42.1 Å². The predicted octanol–water partition coefficient (Wildman–Crippen LogP) is 1.85. The molecule has 2 fully saturated rings. The first-order valence-corrected chi connectivity index (χ1v) is 10.6. The summed E-state index contributed by atoms with van der Waals surface area (Å²) in [6, 6.07) is 13.8. The molecule has 0 radical (unpaired) electrons. The molecule has 0 aliphatic carbocycles. The molecular formula is C23H29N5O2. The van der Waals surface area contributed by atoms with Crippen molar-refractivity contribution >= 4 is 11.8 Å². The van der Waals surface area contributed by atoms with Crippen molar-refractivity contribution < 1.29 is 9.59 Å². The zero-order valence-corrected chi connectivity index (χ0v) is 17.3. The predicted molar refractivity (Wildman–Crippen MR) is 114 cm³/mol. The molecule has 0 bridgehead atoms. The molecule has 2 aliphatic heterocycles. The number of hydrazine groups is 1. The number of piperidine rings is 1. The molecule has 4 rings (SSSR count). The van der Waals surface area contributed by atoms with Crippen LogP contribution in [0.4, 0.5) is 0 Å². The van der Waals surface area contributed by atoms with Crippen molar-refractivity contribution in [3.8, 4) is 0 Å². The highest BCUT2D eigenvalue weighted by Gasteiger charge is 2.35. The van der Waals surface area contributed by atoms with Crippen molar-refractivity contribution in [3.63, 3.8) is 0 Å². The van der Waals surface area contributed by atoms with E-state index in [1.807, 2.05) is 42.2 Å². The summed E-state index contributed by atoms with van der Waals surface area (Å²) in [6.07, 6.45) is 3.85. The van der Waals surface area contributed by atoms with Crippen LogP contribution in [0.2, 0.25) is 0 Å². The molecule has 2 aromatic rings. The molecule has 2 unspecified atom stereocenters. The zero-order valence-electron chi connectivity index (χ0n) is 17.3. The summed E-state index contributed by atoms with van der Waals surface area (Å²) in [7, 11) is 0. The number of carbonyl (C=O) groups excluding carboxylic acids is 2. The van der Waals surface area contributed by atoms with Crippen LogP contribution in [0.15, 0.2) is 48.7 Å². The molecule has 2 saturated heterocycles. The van der Waals surface area contributed by atoms with Gasteiger partial charge in [-0.15, -0.1) is 0 Å². The fourth-order valence-electron chi connectivity index (χ4n) is 4.12. The highest BCUT2D eigenvalue weighted by atomic mass is 16.2. The number of pyridine rings is 1. The van der Waals surface area contributed by atoms with Gasteiger partial charge in [-0.05, 0) is 43.9 Å². The van der Waals surface area contributed by atoms with E-state index >= 15 is 0 Å². The minimum absolute atomic E-state index is 0.0320. The van der Waals surface area contributed by atoms with Crippen LogP contribution in [0.25, 0.3) is 0 Å². The number of hydrogen-bond acceptors (Lipinski definition) is 5. The Kier molecular flexibility index (Phi) is 6.40. The zero-order chi connectivity index (χ0) is 20.9. The Morgan fingerprint density at radius 3 is 2.57 bits per heavy atom. The number of hydrogen-bond donors (Lipinski definition) is 3. The summed E-state index contributed by atoms with van der Waals surface area (Å²) in [6.45, 7) is 3.83. The van der Waals surface area contributed by atoms with Crippen molar-refractivity contribution in [1.29, 1.82) is 0 Å². The van der Waals surface area contributed by atoms with Crippen LogP contribution in [0, 0.1) is 12.8 Å². The second-order valence-electron chi connectivity index (χ2n) is 8.19. The quantitative estimate of drug-likeness (QED) is 0.704. The number of nitrogens with zero attached hydrogens (tertiary/aromatic N) is 2. The van der Waals surface area contributed by atoms with Gasteiger partial charge in [0.15, 0.2) is 0 Å². The lowest BCUT2D eigenvalue weighted by molar-refractivity contribution is -0.137. The molecule has 2 amide bonds. The average Bonchev–Trinajstić information content (AvgIpc) is 3.29. The molecule has 7 heteroatoms. The van der Waals surface area contributed by atoms with Crippen molar-refractivity contribution in [2.75, 3.05) is 13.1 Å². The largest absolute Gasteiger partial charge is 0.352 e. The Morgan fingerprint density at radius 1 is 1.10 bits per heavy atom. The van der Waals surface area contributed by atoms with Gasteiger partial charge in [0.25, 0.3) is 0 Å². The summed E-state index contributed by atoms with van der Waals surface area (Å²) in [4.78, 5) is 31.7. The maximum absolute atomic E-state index is 12.9. The Labute approximate surface area is 177 Å². The number of aromatic nitrogens is 1. The minimum Gasteiger partial charge on any atom is -0.352 e. The Hall–Kier alpha value is -2.77.